The van der Waals surface area contributed by atoms with Crippen LogP contribution in [0.4, 0.5) is 10.1 Å². The van der Waals surface area contributed by atoms with Gasteiger partial charge in [0.2, 0.25) is 0 Å². The fourth-order valence-corrected chi connectivity index (χ4v) is 3.31. The lowest BCUT2D eigenvalue weighted by Gasteiger charge is -2.34. The molecule has 0 saturated carbocycles. The first kappa shape index (κ1) is 13.6. The number of halogens is 2. The van der Waals surface area contributed by atoms with Crippen LogP contribution in [0, 0.1) is 5.82 Å². The zero-order valence-electron chi connectivity index (χ0n) is 11.2. The normalized spacial score (nSPS) is 19.1. The Balaban J connectivity index is 1.78. The second-order valence-corrected chi connectivity index (χ2v) is 6.23. The zero-order chi connectivity index (χ0) is 13.9. The second-order valence-electron chi connectivity index (χ2n) is 5.32. The summed E-state index contributed by atoms with van der Waals surface area (Å²) >= 11 is 3.54. The molecule has 1 aliphatic rings. The quantitative estimate of drug-likeness (QED) is 0.749. The highest BCUT2D eigenvalue weighted by Crippen LogP contribution is 2.31. The van der Waals surface area contributed by atoms with E-state index in [1.807, 2.05) is 12.1 Å². The van der Waals surface area contributed by atoms with Gasteiger partial charge in [0.1, 0.15) is 5.82 Å². The van der Waals surface area contributed by atoms with E-state index in [9.17, 15) is 4.39 Å². The molecule has 104 valence electrons. The molecular formula is C17H17BrFN. The summed E-state index contributed by atoms with van der Waals surface area (Å²) in [6, 6.07) is 15.4. The van der Waals surface area contributed by atoms with Crippen molar-refractivity contribution in [2.24, 2.45) is 0 Å². The summed E-state index contributed by atoms with van der Waals surface area (Å²) in [5.41, 5.74) is 2.50. The third-order valence-corrected chi connectivity index (χ3v) is 4.43. The summed E-state index contributed by atoms with van der Waals surface area (Å²) < 4.78 is 14.1. The van der Waals surface area contributed by atoms with Crippen molar-refractivity contribution in [2.45, 2.75) is 18.8 Å². The van der Waals surface area contributed by atoms with Gasteiger partial charge in [-0.15, -0.1) is 0 Å². The van der Waals surface area contributed by atoms with Gasteiger partial charge < -0.3 is 4.90 Å². The molecule has 1 saturated heterocycles. The Hall–Kier alpha value is -1.35. The molecule has 0 bridgehead atoms. The molecule has 1 atom stereocenters. The Kier molecular flexibility index (Phi) is 4.06. The van der Waals surface area contributed by atoms with Crippen molar-refractivity contribution in [2.75, 3.05) is 18.0 Å². The smallest absolute Gasteiger partial charge is 0.123 e. The van der Waals surface area contributed by atoms with Crippen LogP contribution in [-0.2, 0) is 0 Å². The van der Waals surface area contributed by atoms with Crippen molar-refractivity contribution >= 4 is 21.6 Å². The van der Waals surface area contributed by atoms with Gasteiger partial charge in [-0.1, -0.05) is 28.1 Å². The molecule has 1 fully saturated rings. The predicted molar refractivity (Wildman–Crippen MR) is 84.7 cm³/mol. The third kappa shape index (κ3) is 3.04. The highest BCUT2D eigenvalue weighted by atomic mass is 79.9. The fraction of sp³-hybridized carbons (Fsp3) is 0.294. The highest BCUT2D eigenvalue weighted by Gasteiger charge is 2.21. The largest absolute Gasteiger partial charge is 0.371 e. The third-order valence-electron chi connectivity index (χ3n) is 3.93. The number of hydrogen-bond donors (Lipinski definition) is 0. The average Bonchev–Trinajstić information content (AvgIpc) is 2.48. The molecule has 20 heavy (non-hydrogen) atoms. The number of piperidine rings is 1. The van der Waals surface area contributed by atoms with Crippen LogP contribution in [0.25, 0.3) is 0 Å². The minimum absolute atomic E-state index is 0.172. The molecule has 1 nitrogen and oxygen atoms in total. The highest BCUT2D eigenvalue weighted by molar-refractivity contribution is 9.10. The summed E-state index contributed by atoms with van der Waals surface area (Å²) in [6.07, 6.45) is 2.39. The van der Waals surface area contributed by atoms with Crippen molar-refractivity contribution < 1.29 is 4.39 Å². The molecule has 0 amide bonds. The van der Waals surface area contributed by atoms with Gasteiger partial charge in [-0.3, -0.25) is 0 Å². The molecule has 0 aromatic heterocycles. The van der Waals surface area contributed by atoms with Crippen LogP contribution in [0.15, 0.2) is 53.0 Å². The maximum absolute atomic E-state index is 13.0. The molecule has 1 heterocycles. The number of benzene rings is 2. The van der Waals surface area contributed by atoms with Gasteiger partial charge in [-0.2, -0.15) is 0 Å². The Morgan fingerprint density at radius 1 is 1.10 bits per heavy atom. The standard InChI is InChI=1S/C17H17BrFN/c18-15-5-1-3-13(11-15)14-4-2-10-20(12-14)17-8-6-16(19)7-9-17/h1,3,5-9,11,14H,2,4,10,12H2. The van der Waals surface area contributed by atoms with Crippen LogP contribution >= 0.6 is 15.9 Å². The maximum atomic E-state index is 13.0. The molecule has 3 rings (SSSR count). The lowest BCUT2D eigenvalue weighted by molar-refractivity contribution is 0.510. The molecule has 0 N–H and O–H groups in total. The van der Waals surface area contributed by atoms with E-state index in [1.165, 1.54) is 30.5 Å². The van der Waals surface area contributed by atoms with E-state index in [-0.39, 0.29) is 5.82 Å². The van der Waals surface area contributed by atoms with Crippen LogP contribution in [0.5, 0.6) is 0 Å². The Morgan fingerprint density at radius 2 is 1.90 bits per heavy atom. The Labute approximate surface area is 127 Å². The van der Waals surface area contributed by atoms with Crippen LogP contribution in [0.2, 0.25) is 0 Å². The van der Waals surface area contributed by atoms with E-state index in [1.54, 1.807) is 0 Å². The van der Waals surface area contributed by atoms with Gasteiger partial charge >= 0.3 is 0 Å². The van der Waals surface area contributed by atoms with E-state index in [0.29, 0.717) is 5.92 Å². The molecule has 0 aliphatic carbocycles. The number of anilines is 1. The first-order valence-corrected chi connectivity index (χ1v) is 7.77. The molecule has 1 unspecified atom stereocenters. The fourth-order valence-electron chi connectivity index (χ4n) is 2.90. The average molecular weight is 334 g/mol. The first-order chi connectivity index (χ1) is 9.72. The van der Waals surface area contributed by atoms with Gasteiger partial charge in [-0.25, -0.2) is 4.39 Å². The second kappa shape index (κ2) is 5.96. The Bertz CT molecular complexity index is 582. The maximum Gasteiger partial charge on any atom is 0.123 e. The van der Waals surface area contributed by atoms with Crippen molar-refractivity contribution in [3.8, 4) is 0 Å². The molecule has 3 heteroatoms. The summed E-state index contributed by atoms with van der Waals surface area (Å²) in [7, 11) is 0. The van der Waals surface area contributed by atoms with E-state index in [4.69, 9.17) is 0 Å². The summed E-state index contributed by atoms with van der Waals surface area (Å²) in [5.74, 6) is 0.376. The van der Waals surface area contributed by atoms with E-state index < -0.39 is 0 Å². The topological polar surface area (TPSA) is 3.24 Å². The molecule has 2 aromatic carbocycles. The van der Waals surface area contributed by atoms with Crippen molar-refractivity contribution in [1.29, 1.82) is 0 Å². The van der Waals surface area contributed by atoms with E-state index in [0.717, 1.165) is 23.2 Å². The lowest BCUT2D eigenvalue weighted by atomic mass is 9.90. The number of hydrogen-bond acceptors (Lipinski definition) is 1. The molecule has 1 aliphatic heterocycles. The van der Waals surface area contributed by atoms with Crippen molar-refractivity contribution in [3.05, 3.63) is 64.4 Å². The van der Waals surface area contributed by atoms with Gasteiger partial charge in [0.15, 0.2) is 0 Å². The van der Waals surface area contributed by atoms with E-state index in [2.05, 4.69) is 45.1 Å². The van der Waals surface area contributed by atoms with Gasteiger partial charge in [0.25, 0.3) is 0 Å². The van der Waals surface area contributed by atoms with Crippen molar-refractivity contribution in [3.63, 3.8) is 0 Å². The molecule has 0 spiro atoms. The van der Waals surface area contributed by atoms with Gasteiger partial charge in [0.05, 0.1) is 0 Å². The van der Waals surface area contributed by atoms with Crippen molar-refractivity contribution in [1.82, 2.24) is 0 Å². The predicted octanol–water partition coefficient (Wildman–Crippen LogP) is 4.97. The Morgan fingerprint density at radius 3 is 2.65 bits per heavy atom. The van der Waals surface area contributed by atoms with Gasteiger partial charge in [-0.05, 0) is 54.8 Å². The summed E-state index contributed by atoms with van der Waals surface area (Å²) in [4.78, 5) is 2.36. The summed E-state index contributed by atoms with van der Waals surface area (Å²) in [6.45, 7) is 2.05. The summed E-state index contributed by atoms with van der Waals surface area (Å²) in [5, 5.41) is 0. The van der Waals surface area contributed by atoms with Gasteiger partial charge in [0, 0.05) is 29.2 Å². The van der Waals surface area contributed by atoms with Crippen LogP contribution in [0.3, 0.4) is 0 Å². The SMILES string of the molecule is Fc1ccc(N2CCCC(c3cccc(Br)c3)C2)cc1. The minimum atomic E-state index is -0.172. The first-order valence-electron chi connectivity index (χ1n) is 6.98. The lowest BCUT2D eigenvalue weighted by Crippen LogP contribution is -2.34. The van der Waals surface area contributed by atoms with E-state index >= 15 is 0 Å². The van der Waals surface area contributed by atoms with Crippen LogP contribution in [0.1, 0.15) is 24.3 Å². The molecule has 2 aromatic rings. The van der Waals surface area contributed by atoms with Crippen LogP contribution in [-0.4, -0.2) is 13.1 Å². The monoisotopic (exact) mass is 333 g/mol. The number of nitrogens with zero attached hydrogens (tertiary/aromatic N) is 1. The zero-order valence-corrected chi connectivity index (χ0v) is 12.8. The molecular weight excluding hydrogens is 317 g/mol. The molecule has 0 radical (unpaired) electrons. The van der Waals surface area contributed by atoms with Crippen LogP contribution < -0.4 is 4.90 Å². The minimum Gasteiger partial charge on any atom is -0.371 e. The number of rotatable bonds is 2.